The van der Waals surface area contributed by atoms with Crippen molar-refractivity contribution in [1.29, 1.82) is 0 Å². The number of hydrogen-bond acceptors (Lipinski definition) is 7. The molecule has 1 fully saturated rings. The van der Waals surface area contributed by atoms with E-state index in [0.717, 1.165) is 52.0 Å². The van der Waals surface area contributed by atoms with Gasteiger partial charge in [-0.3, -0.25) is 10.0 Å². The maximum atomic E-state index is 11.4. The normalized spacial score (nSPS) is 14.4. The van der Waals surface area contributed by atoms with E-state index in [-0.39, 0.29) is 5.56 Å². The molecule has 8 nitrogen and oxygen atoms in total. The minimum Gasteiger partial charge on any atom is -0.351 e. The van der Waals surface area contributed by atoms with E-state index in [1.165, 1.54) is 23.6 Å². The van der Waals surface area contributed by atoms with Crippen LogP contribution in [0.25, 0.3) is 0 Å². The van der Waals surface area contributed by atoms with Gasteiger partial charge in [-0.15, -0.1) is 0 Å². The molecule has 8 heteroatoms. The number of nitrogens with zero attached hydrogens (tertiary/aromatic N) is 5. The van der Waals surface area contributed by atoms with Crippen molar-refractivity contribution >= 4 is 17.5 Å². The molecule has 172 valence electrons. The maximum absolute atomic E-state index is 11.4. The number of benzene rings is 1. The molecule has 1 aliphatic rings. The van der Waals surface area contributed by atoms with Crippen molar-refractivity contribution in [2.24, 2.45) is 5.92 Å². The van der Waals surface area contributed by atoms with Crippen molar-refractivity contribution in [1.82, 2.24) is 20.3 Å². The first kappa shape index (κ1) is 23.7. The minimum absolute atomic E-state index is 0.241. The fourth-order valence-corrected chi connectivity index (χ4v) is 4.17. The van der Waals surface area contributed by atoms with Crippen molar-refractivity contribution in [2.45, 2.75) is 26.2 Å². The lowest BCUT2D eigenvalue weighted by molar-refractivity contribution is 0.0705. The molecular weight excluding hydrogens is 404 g/mol. The van der Waals surface area contributed by atoms with Crippen molar-refractivity contribution in [3.8, 4) is 0 Å². The zero-order valence-electron chi connectivity index (χ0n) is 19.1. The second-order valence-electron chi connectivity index (χ2n) is 8.21. The van der Waals surface area contributed by atoms with Crippen LogP contribution in [-0.4, -0.2) is 65.8 Å². The van der Waals surface area contributed by atoms with Crippen LogP contribution in [0, 0.1) is 5.92 Å². The average molecular weight is 439 g/mol. The number of aromatic nitrogens is 2. The van der Waals surface area contributed by atoms with Crippen molar-refractivity contribution in [3.05, 3.63) is 60.6 Å². The molecule has 0 saturated carbocycles. The Morgan fingerprint density at radius 2 is 1.97 bits per heavy atom. The van der Waals surface area contributed by atoms with Crippen LogP contribution in [0.3, 0.4) is 0 Å². The summed E-state index contributed by atoms with van der Waals surface area (Å²) < 4.78 is 0. The van der Waals surface area contributed by atoms with Gasteiger partial charge in [0.2, 0.25) is 5.95 Å². The molecule has 0 radical (unpaired) electrons. The Hall–Kier alpha value is -2.97. The van der Waals surface area contributed by atoms with Gasteiger partial charge in [0, 0.05) is 51.3 Å². The smallest absolute Gasteiger partial charge is 0.277 e. The number of carbonyl (C=O) groups excluding carboxylic acids is 1. The molecular formula is C24H34N6O2. The number of para-hydroxylation sites is 1. The number of hydrogen-bond donors (Lipinski definition) is 2. The van der Waals surface area contributed by atoms with E-state index in [9.17, 15) is 4.79 Å². The Labute approximate surface area is 190 Å². The molecule has 1 aromatic carbocycles. The summed E-state index contributed by atoms with van der Waals surface area (Å²) in [5.74, 6) is 0.679. The van der Waals surface area contributed by atoms with E-state index in [2.05, 4.69) is 62.4 Å². The minimum atomic E-state index is -0.603. The molecule has 1 aliphatic heterocycles. The monoisotopic (exact) mass is 438 g/mol. The highest BCUT2D eigenvalue weighted by Crippen LogP contribution is 2.23. The van der Waals surface area contributed by atoms with Gasteiger partial charge < -0.3 is 14.7 Å². The summed E-state index contributed by atoms with van der Waals surface area (Å²) in [5.41, 5.74) is 4.40. The number of carbonyl (C=O) groups is 1. The second kappa shape index (κ2) is 11.6. The Balaban J connectivity index is 1.49. The van der Waals surface area contributed by atoms with Gasteiger partial charge in [-0.1, -0.05) is 31.7 Å². The van der Waals surface area contributed by atoms with Crippen LogP contribution in [0.2, 0.25) is 0 Å². The zero-order valence-corrected chi connectivity index (χ0v) is 19.1. The van der Waals surface area contributed by atoms with Gasteiger partial charge in [0.15, 0.2) is 0 Å². The lowest BCUT2D eigenvalue weighted by Gasteiger charge is -2.34. The summed E-state index contributed by atoms with van der Waals surface area (Å²) in [5, 5.41) is 8.70. The summed E-state index contributed by atoms with van der Waals surface area (Å²) in [4.78, 5) is 26.8. The van der Waals surface area contributed by atoms with Crippen molar-refractivity contribution in [2.75, 3.05) is 49.6 Å². The fraction of sp³-hybridized carbons (Fsp3) is 0.458. The maximum Gasteiger partial charge on any atom is 0.277 e. The second-order valence-corrected chi connectivity index (χ2v) is 8.21. The van der Waals surface area contributed by atoms with Crippen molar-refractivity contribution < 1.29 is 10.0 Å². The molecule has 0 unspecified atom stereocenters. The zero-order chi connectivity index (χ0) is 22.9. The van der Waals surface area contributed by atoms with E-state index >= 15 is 0 Å². The average Bonchev–Trinajstić information content (AvgIpc) is 2.86. The summed E-state index contributed by atoms with van der Waals surface area (Å²) in [6, 6.07) is 8.53. The van der Waals surface area contributed by atoms with Gasteiger partial charge in [-0.05, 0) is 49.6 Å². The van der Waals surface area contributed by atoms with Crippen LogP contribution in [0.5, 0.6) is 0 Å². The molecule has 0 atom stereocenters. The number of likely N-dealkylation sites (N-methyl/N-ethyl adjacent to an activating group) is 1. The lowest BCUT2D eigenvalue weighted by atomic mass is 9.96. The lowest BCUT2D eigenvalue weighted by Crippen LogP contribution is -2.40. The summed E-state index contributed by atoms with van der Waals surface area (Å²) >= 11 is 0. The Morgan fingerprint density at radius 3 is 2.59 bits per heavy atom. The SMILES string of the molecule is C=CN(C)c1ccccc1CCN(CC)CC1CCN(c2ncc(C(=O)NO)cn2)CC1. The number of piperidine rings is 1. The van der Waals surface area contributed by atoms with Gasteiger partial charge in [-0.2, -0.15) is 0 Å². The van der Waals surface area contributed by atoms with Crippen LogP contribution >= 0.6 is 0 Å². The largest absolute Gasteiger partial charge is 0.351 e. The molecule has 2 heterocycles. The number of rotatable bonds is 10. The summed E-state index contributed by atoms with van der Waals surface area (Å²) in [6.45, 7) is 11.1. The van der Waals surface area contributed by atoms with Gasteiger partial charge in [0.05, 0.1) is 5.56 Å². The third-order valence-electron chi connectivity index (χ3n) is 6.21. The van der Waals surface area contributed by atoms with E-state index < -0.39 is 5.91 Å². The van der Waals surface area contributed by atoms with Gasteiger partial charge in [0.1, 0.15) is 0 Å². The third kappa shape index (κ3) is 6.05. The van der Waals surface area contributed by atoms with Crippen LogP contribution < -0.4 is 15.3 Å². The quantitative estimate of drug-likeness (QED) is 0.436. The fourth-order valence-electron chi connectivity index (χ4n) is 4.17. The molecule has 1 aromatic heterocycles. The third-order valence-corrected chi connectivity index (χ3v) is 6.21. The number of anilines is 2. The van der Waals surface area contributed by atoms with Gasteiger partial charge >= 0.3 is 0 Å². The number of hydroxylamine groups is 1. The first-order valence-electron chi connectivity index (χ1n) is 11.2. The van der Waals surface area contributed by atoms with Gasteiger partial charge in [0.25, 0.3) is 5.91 Å². The molecule has 2 aromatic rings. The number of nitrogens with one attached hydrogen (secondary N) is 1. The van der Waals surface area contributed by atoms with E-state index in [1.807, 2.05) is 13.2 Å². The Morgan fingerprint density at radius 1 is 1.28 bits per heavy atom. The Bertz CT molecular complexity index is 880. The highest BCUT2D eigenvalue weighted by atomic mass is 16.5. The molecule has 1 saturated heterocycles. The summed E-state index contributed by atoms with van der Waals surface area (Å²) in [7, 11) is 2.04. The molecule has 0 aliphatic carbocycles. The van der Waals surface area contributed by atoms with Crippen LogP contribution in [-0.2, 0) is 6.42 Å². The molecule has 32 heavy (non-hydrogen) atoms. The summed E-state index contributed by atoms with van der Waals surface area (Å²) in [6.07, 6.45) is 7.94. The van der Waals surface area contributed by atoms with Crippen molar-refractivity contribution in [3.63, 3.8) is 0 Å². The van der Waals surface area contributed by atoms with E-state index in [1.54, 1.807) is 5.48 Å². The standard InChI is InChI=1S/C24H34N6O2/c1-4-28(3)22-9-7-6-8-20(22)12-13-29(5-2)18-19-10-14-30(15-11-19)24-25-16-21(17-26-24)23(31)27-32/h4,6-9,16-17,19,32H,1,5,10-15,18H2,2-3H3,(H,27,31). The molecule has 0 bridgehead atoms. The van der Waals surface area contributed by atoms with E-state index in [0.29, 0.717) is 11.9 Å². The van der Waals surface area contributed by atoms with Crippen LogP contribution in [0.15, 0.2) is 49.4 Å². The Kier molecular flexibility index (Phi) is 8.58. The topological polar surface area (TPSA) is 84.8 Å². The van der Waals surface area contributed by atoms with Crippen LogP contribution in [0.1, 0.15) is 35.7 Å². The molecule has 1 amide bonds. The first-order valence-corrected chi connectivity index (χ1v) is 11.2. The highest BCUT2D eigenvalue weighted by molar-refractivity contribution is 5.92. The highest BCUT2D eigenvalue weighted by Gasteiger charge is 2.23. The predicted molar refractivity (Wildman–Crippen MR) is 127 cm³/mol. The van der Waals surface area contributed by atoms with Crippen LogP contribution in [0.4, 0.5) is 11.6 Å². The number of amides is 1. The van der Waals surface area contributed by atoms with Gasteiger partial charge in [-0.25, -0.2) is 15.4 Å². The first-order chi connectivity index (χ1) is 15.5. The molecule has 0 spiro atoms. The van der Waals surface area contributed by atoms with E-state index in [4.69, 9.17) is 5.21 Å². The molecule has 2 N–H and O–H groups in total. The molecule has 3 rings (SSSR count). The predicted octanol–water partition coefficient (Wildman–Crippen LogP) is 2.96.